The van der Waals surface area contributed by atoms with Crippen molar-refractivity contribution in [1.29, 1.82) is 0 Å². The summed E-state index contributed by atoms with van der Waals surface area (Å²) in [4.78, 5) is 57.2. The van der Waals surface area contributed by atoms with Crippen molar-refractivity contribution in [2.45, 2.75) is 97.1 Å². The van der Waals surface area contributed by atoms with Crippen LogP contribution in [-0.4, -0.2) is 77.1 Å². The lowest BCUT2D eigenvalue weighted by atomic mass is 9.81. The monoisotopic (exact) mass is 637 g/mol. The maximum Gasteiger partial charge on any atom is 0.245 e. The van der Waals surface area contributed by atoms with Crippen LogP contribution in [0.15, 0.2) is 36.5 Å². The molecule has 3 atom stereocenters. The number of carbonyl (C=O) groups excluding carboxylic acids is 4. The maximum absolute atomic E-state index is 15.7. The van der Waals surface area contributed by atoms with Gasteiger partial charge in [0, 0.05) is 63.1 Å². The van der Waals surface area contributed by atoms with E-state index in [4.69, 9.17) is 0 Å². The Labute approximate surface area is 273 Å². The van der Waals surface area contributed by atoms with Crippen LogP contribution in [0.5, 0.6) is 0 Å². The van der Waals surface area contributed by atoms with Gasteiger partial charge in [-0.3, -0.25) is 19.2 Å². The van der Waals surface area contributed by atoms with E-state index >= 15 is 4.39 Å². The number of anilines is 1. The number of ketones is 1. The first-order chi connectivity index (χ1) is 22.0. The largest absolute Gasteiger partial charge is 0.344 e. The molecule has 0 bridgehead atoms. The number of halogens is 1. The van der Waals surface area contributed by atoms with Crippen LogP contribution in [0.25, 0.3) is 0 Å². The number of carbonyl (C=O) groups is 4. The molecule has 2 aliphatic rings. The molecule has 2 fully saturated rings. The second-order valence-electron chi connectivity index (χ2n) is 13.4. The lowest BCUT2D eigenvalue weighted by Crippen LogP contribution is -2.55. The number of nitrogens with one attached hydrogen (secondary N) is 2. The van der Waals surface area contributed by atoms with Crippen LogP contribution < -0.4 is 10.6 Å². The molecule has 2 aromatic rings. The number of piperazine rings is 1. The van der Waals surface area contributed by atoms with Crippen LogP contribution in [0.4, 0.5) is 10.1 Å². The van der Waals surface area contributed by atoms with Crippen molar-refractivity contribution in [2.24, 2.45) is 11.8 Å². The molecule has 252 valence electrons. The van der Waals surface area contributed by atoms with E-state index in [2.05, 4.69) is 15.5 Å². The fraction of sp³-hybridized carbons (Fsp3) is 0.611. The molecule has 1 aromatic carbocycles. The molecule has 1 aromatic heterocycles. The first-order valence-electron chi connectivity index (χ1n) is 17.1. The topological polar surface area (TPSA) is 104 Å². The quantitative estimate of drug-likeness (QED) is 0.227. The molecule has 9 nitrogen and oxygen atoms in total. The van der Waals surface area contributed by atoms with Crippen molar-refractivity contribution in [3.05, 3.63) is 53.6 Å². The fourth-order valence-corrected chi connectivity index (χ4v) is 6.81. The zero-order chi connectivity index (χ0) is 33.4. The van der Waals surface area contributed by atoms with Gasteiger partial charge in [0.15, 0.2) is 5.78 Å². The third kappa shape index (κ3) is 8.84. The average Bonchev–Trinajstić information content (AvgIpc) is 3.40. The van der Waals surface area contributed by atoms with Gasteiger partial charge in [-0.25, -0.2) is 4.39 Å². The molecule has 4 rings (SSSR count). The highest BCUT2D eigenvalue weighted by atomic mass is 19.1. The van der Waals surface area contributed by atoms with Gasteiger partial charge < -0.3 is 25.0 Å². The lowest BCUT2D eigenvalue weighted by molar-refractivity contribution is -0.138. The van der Waals surface area contributed by atoms with E-state index in [0.29, 0.717) is 24.3 Å². The Hall–Kier alpha value is -3.53. The van der Waals surface area contributed by atoms with Gasteiger partial charge in [-0.1, -0.05) is 45.6 Å². The molecule has 2 heterocycles. The first kappa shape index (κ1) is 35.3. The molecule has 10 heteroatoms. The number of nitrogens with zero attached hydrogens (tertiary/aromatic N) is 3. The number of likely N-dealkylation sites (N-methyl/N-ethyl adjacent to an activating group) is 1. The summed E-state index contributed by atoms with van der Waals surface area (Å²) in [5.74, 6) is -2.52. The number of hydrogen-bond acceptors (Lipinski definition) is 5. The molecular weight excluding hydrogens is 585 g/mol. The standard InChI is InChI=1S/C36H52FN5O4/c1-6-33(44)39-34(36(46)41-20-18-40(5)19-21-41)25(4)27-15-16-30(29(37)22-27)38-35(45)28(26-12-9-7-8-10-13-26)23-32(43)31-14-11-17-42(31)24(2)3/h11,14-17,22,24-26,28,34H,6-10,12-13,18-21,23H2,1-5H3,(H,38,45)(H,39,44)/t25-,28-,34+/m0/s1. The van der Waals surface area contributed by atoms with E-state index in [-0.39, 0.29) is 54.0 Å². The van der Waals surface area contributed by atoms with E-state index in [9.17, 15) is 19.2 Å². The van der Waals surface area contributed by atoms with Gasteiger partial charge in [0.1, 0.15) is 11.9 Å². The Balaban J connectivity index is 1.53. The summed E-state index contributed by atoms with van der Waals surface area (Å²) < 4.78 is 17.6. The number of hydrogen-bond donors (Lipinski definition) is 2. The predicted octanol–water partition coefficient (Wildman–Crippen LogP) is 5.78. The number of amides is 3. The zero-order valence-electron chi connectivity index (χ0n) is 28.2. The Bertz CT molecular complexity index is 1360. The molecule has 0 spiro atoms. The normalized spacial score (nSPS) is 18.5. The van der Waals surface area contributed by atoms with Crippen molar-refractivity contribution in [1.82, 2.24) is 19.7 Å². The van der Waals surface area contributed by atoms with Crippen molar-refractivity contribution in [3.8, 4) is 0 Å². The summed E-state index contributed by atoms with van der Waals surface area (Å²) >= 11 is 0. The summed E-state index contributed by atoms with van der Waals surface area (Å²) in [5.41, 5.74) is 1.17. The molecule has 2 N–H and O–H groups in total. The summed E-state index contributed by atoms with van der Waals surface area (Å²) in [6.07, 6.45) is 8.14. The number of rotatable bonds is 12. The lowest BCUT2D eigenvalue weighted by Gasteiger charge is -2.36. The van der Waals surface area contributed by atoms with Crippen LogP contribution in [0.2, 0.25) is 0 Å². The van der Waals surface area contributed by atoms with Crippen LogP contribution in [0.1, 0.15) is 107 Å². The first-order valence-corrected chi connectivity index (χ1v) is 17.1. The third-order valence-electron chi connectivity index (χ3n) is 9.83. The van der Waals surface area contributed by atoms with E-state index in [0.717, 1.165) is 51.6 Å². The van der Waals surface area contributed by atoms with Gasteiger partial charge >= 0.3 is 0 Å². The SMILES string of the molecule is CCC(=O)N[C@@H](C(=O)N1CCN(C)CC1)[C@@H](C)c1ccc(NC(=O)[C@@H](CC(=O)c2cccn2C(C)C)C2CCCCCC2)c(F)c1. The molecule has 1 saturated carbocycles. The van der Waals surface area contributed by atoms with Gasteiger partial charge in [0.25, 0.3) is 0 Å². The Morgan fingerprint density at radius 3 is 2.24 bits per heavy atom. The Morgan fingerprint density at radius 2 is 1.63 bits per heavy atom. The minimum atomic E-state index is -0.842. The van der Waals surface area contributed by atoms with Crippen molar-refractivity contribution in [3.63, 3.8) is 0 Å². The Kier molecular flexibility index (Phi) is 12.5. The fourth-order valence-electron chi connectivity index (χ4n) is 6.81. The molecular formula is C36H52FN5O4. The van der Waals surface area contributed by atoms with Crippen molar-refractivity contribution >= 4 is 29.2 Å². The zero-order valence-corrected chi connectivity index (χ0v) is 28.2. The van der Waals surface area contributed by atoms with Gasteiger partial charge in [-0.15, -0.1) is 0 Å². The van der Waals surface area contributed by atoms with Crippen LogP contribution in [0.3, 0.4) is 0 Å². The summed E-state index contributed by atoms with van der Waals surface area (Å²) in [5, 5.41) is 5.68. The highest BCUT2D eigenvalue weighted by molar-refractivity contribution is 6.00. The highest BCUT2D eigenvalue weighted by Gasteiger charge is 2.34. The minimum Gasteiger partial charge on any atom is -0.344 e. The number of Topliss-reactive ketones (excluding diaryl/α,β-unsaturated/α-hetero) is 1. The molecule has 46 heavy (non-hydrogen) atoms. The second-order valence-corrected chi connectivity index (χ2v) is 13.4. The van der Waals surface area contributed by atoms with Crippen LogP contribution >= 0.6 is 0 Å². The van der Waals surface area contributed by atoms with Crippen LogP contribution in [-0.2, 0) is 14.4 Å². The molecule has 0 radical (unpaired) electrons. The van der Waals surface area contributed by atoms with Gasteiger partial charge in [0.2, 0.25) is 17.7 Å². The smallest absolute Gasteiger partial charge is 0.245 e. The highest BCUT2D eigenvalue weighted by Crippen LogP contribution is 2.34. The van der Waals surface area contributed by atoms with E-state index in [1.807, 2.05) is 44.6 Å². The van der Waals surface area contributed by atoms with Gasteiger partial charge in [-0.2, -0.15) is 0 Å². The summed E-state index contributed by atoms with van der Waals surface area (Å²) in [7, 11) is 2.01. The molecule has 1 aliphatic carbocycles. The van der Waals surface area contributed by atoms with E-state index < -0.39 is 23.7 Å². The third-order valence-corrected chi connectivity index (χ3v) is 9.83. The molecule has 1 saturated heterocycles. The predicted molar refractivity (Wildman–Crippen MR) is 178 cm³/mol. The molecule has 1 aliphatic heterocycles. The number of benzene rings is 1. The van der Waals surface area contributed by atoms with Crippen molar-refractivity contribution < 1.29 is 23.6 Å². The second kappa shape index (κ2) is 16.3. The summed E-state index contributed by atoms with van der Waals surface area (Å²) in [6, 6.07) is 7.48. The molecule has 0 unspecified atom stereocenters. The van der Waals surface area contributed by atoms with Crippen LogP contribution in [0, 0.1) is 17.7 Å². The average molecular weight is 638 g/mol. The van der Waals surface area contributed by atoms with Crippen molar-refractivity contribution in [2.75, 3.05) is 38.5 Å². The van der Waals surface area contributed by atoms with Gasteiger partial charge in [0.05, 0.1) is 11.4 Å². The Morgan fingerprint density at radius 1 is 0.957 bits per heavy atom. The van der Waals surface area contributed by atoms with E-state index in [1.165, 1.54) is 12.1 Å². The minimum absolute atomic E-state index is 0.0390. The maximum atomic E-state index is 15.7. The van der Waals surface area contributed by atoms with E-state index in [1.54, 1.807) is 24.0 Å². The van der Waals surface area contributed by atoms with Gasteiger partial charge in [-0.05, 0) is 69.5 Å². The molecule has 3 amide bonds. The number of aromatic nitrogens is 1. The summed E-state index contributed by atoms with van der Waals surface area (Å²) in [6.45, 7) is 10.2.